The summed E-state index contributed by atoms with van der Waals surface area (Å²) in [6, 6.07) is 16.2. The minimum Gasteiger partial charge on any atom is -0.457 e. The SMILES string of the molecule is CCC1(c2ccccc2Oc2ccc(N)cc2)CCCCC1. The van der Waals surface area contributed by atoms with Gasteiger partial charge in [-0.15, -0.1) is 0 Å². The van der Waals surface area contributed by atoms with Crippen LogP contribution in [-0.2, 0) is 5.41 Å². The zero-order valence-corrected chi connectivity index (χ0v) is 13.3. The van der Waals surface area contributed by atoms with E-state index in [0.29, 0.717) is 0 Å². The number of rotatable bonds is 4. The molecule has 3 rings (SSSR count). The molecule has 22 heavy (non-hydrogen) atoms. The van der Waals surface area contributed by atoms with Crippen molar-refractivity contribution in [2.45, 2.75) is 50.9 Å². The third-order valence-corrected chi connectivity index (χ3v) is 5.05. The maximum Gasteiger partial charge on any atom is 0.131 e. The Morgan fingerprint density at radius 2 is 1.64 bits per heavy atom. The average Bonchev–Trinajstić information content (AvgIpc) is 2.58. The van der Waals surface area contributed by atoms with Crippen LogP contribution in [0.3, 0.4) is 0 Å². The first-order valence-electron chi connectivity index (χ1n) is 8.36. The molecule has 0 radical (unpaired) electrons. The van der Waals surface area contributed by atoms with E-state index in [1.54, 1.807) is 0 Å². The van der Waals surface area contributed by atoms with E-state index in [-0.39, 0.29) is 5.41 Å². The van der Waals surface area contributed by atoms with Crippen LogP contribution in [0.2, 0.25) is 0 Å². The number of hydrogen-bond acceptors (Lipinski definition) is 2. The van der Waals surface area contributed by atoms with Crippen molar-refractivity contribution in [3.8, 4) is 11.5 Å². The molecular formula is C20H25NO. The van der Waals surface area contributed by atoms with Crippen LogP contribution in [0.1, 0.15) is 51.0 Å². The third kappa shape index (κ3) is 2.96. The second-order valence-corrected chi connectivity index (χ2v) is 6.36. The Morgan fingerprint density at radius 3 is 2.32 bits per heavy atom. The van der Waals surface area contributed by atoms with Crippen molar-refractivity contribution in [2.75, 3.05) is 5.73 Å². The maximum atomic E-state index is 6.19. The number of para-hydroxylation sites is 1. The summed E-state index contributed by atoms with van der Waals surface area (Å²) < 4.78 is 6.19. The van der Waals surface area contributed by atoms with Gasteiger partial charge in [0, 0.05) is 11.3 Å². The van der Waals surface area contributed by atoms with Gasteiger partial charge in [0.2, 0.25) is 0 Å². The highest BCUT2D eigenvalue weighted by molar-refractivity contribution is 5.46. The second kappa shape index (κ2) is 6.43. The van der Waals surface area contributed by atoms with Gasteiger partial charge in [-0.1, -0.05) is 44.4 Å². The lowest BCUT2D eigenvalue weighted by atomic mass is 9.67. The molecule has 0 amide bonds. The van der Waals surface area contributed by atoms with Crippen molar-refractivity contribution in [2.24, 2.45) is 0 Å². The standard InChI is InChI=1S/C20H25NO/c1-2-20(14-6-3-7-15-20)18-8-4-5-9-19(18)22-17-12-10-16(21)11-13-17/h4-5,8-13H,2-3,6-7,14-15,21H2,1H3. The summed E-state index contributed by atoms with van der Waals surface area (Å²) in [6.45, 7) is 2.31. The normalized spacial score (nSPS) is 17.1. The topological polar surface area (TPSA) is 35.2 Å². The van der Waals surface area contributed by atoms with Gasteiger partial charge in [0.15, 0.2) is 0 Å². The molecule has 0 unspecified atom stereocenters. The fraction of sp³-hybridized carbons (Fsp3) is 0.400. The van der Waals surface area contributed by atoms with E-state index < -0.39 is 0 Å². The van der Waals surface area contributed by atoms with Crippen LogP contribution in [0.25, 0.3) is 0 Å². The Labute approximate surface area is 133 Å². The highest BCUT2D eigenvalue weighted by Gasteiger charge is 2.34. The van der Waals surface area contributed by atoms with E-state index in [4.69, 9.17) is 10.5 Å². The molecule has 0 bridgehead atoms. The summed E-state index contributed by atoms with van der Waals surface area (Å²) in [7, 11) is 0. The largest absolute Gasteiger partial charge is 0.457 e. The Balaban J connectivity index is 1.93. The summed E-state index contributed by atoms with van der Waals surface area (Å²) in [5.74, 6) is 1.85. The Hall–Kier alpha value is -1.96. The minimum atomic E-state index is 0.280. The predicted octanol–water partition coefficient (Wildman–Crippen LogP) is 5.67. The number of nitrogen functional groups attached to an aromatic ring is 1. The Morgan fingerprint density at radius 1 is 0.955 bits per heavy atom. The van der Waals surface area contributed by atoms with Crippen molar-refractivity contribution in [1.29, 1.82) is 0 Å². The van der Waals surface area contributed by atoms with Crippen LogP contribution < -0.4 is 10.5 Å². The van der Waals surface area contributed by atoms with Gasteiger partial charge in [0.25, 0.3) is 0 Å². The number of benzene rings is 2. The number of hydrogen-bond donors (Lipinski definition) is 1. The van der Waals surface area contributed by atoms with Crippen LogP contribution in [-0.4, -0.2) is 0 Å². The molecule has 2 N–H and O–H groups in total. The van der Waals surface area contributed by atoms with Crippen molar-refractivity contribution >= 4 is 5.69 Å². The summed E-state index contributed by atoms with van der Waals surface area (Å²) in [5.41, 5.74) is 8.17. The molecule has 0 aromatic heterocycles. The summed E-state index contributed by atoms with van der Waals surface area (Å²) >= 11 is 0. The molecule has 0 aliphatic heterocycles. The van der Waals surface area contributed by atoms with E-state index in [1.807, 2.05) is 24.3 Å². The predicted molar refractivity (Wildman–Crippen MR) is 92.4 cm³/mol. The highest BCUT2D eigenvalue weighted by atomic mass is 16.5. The molecule has 0 spiro atoms. The van der Waals surface area contributed by atoms with Crippen LogP contribution in [0, 0.1) is 0 Å². The molecule has 1 saturated carbocycles. The van der Waals surface area contributed by atoms with E-state index in [9.17, 15) is 0 Å². The molecule has 0 atom stereocenters. The zero-order chi connectivity index (χ0) is 15.4. The van der Waals surface area contributed by atoms with Crippen LogP contribution in [0.15, 0.2) is 48.5 Å². The molecule has 2 aromatic carbocycles. The first-order valence-corrected chi connectivity index (χ1v) is 8.36. The maximum absolute atomic E-state index is 6.19. The summed E-state index contributed by atoms with van der Waals surface area (Å²) in [5, 5.41) is 0. The van der Waals surface area contributed by atoms with E-state index in [1.165, 1.54) is 44.1 Å². The lowest BCUT2D eigenvalue weighted by Gasteiger charge is -2.38. The fourth-order valence-electron chi connectivity index (χ4n) is 3.70. The van der Waals surface area contributed by atoms with E-state index in [0.717, 1.165) is 17.2 Å². The zero-order valence-electron chi connectivity index (χ0n) is 13.3. The van der Waals surface area contributed by atoms with Gasteiger partial charge in [0.1, 0.15) is 11.5 Å². The van der Waals surface area contributed by atoms with Crippen LogP contribution >= 0.6 is 0 Å². The summed E-state index contributed by atoms with van der Waals surface area (Å²) in [6.07, 6.45) is 7.73. The first-order chi connectivity index (χ1) is 10.7. The average molecular weight is 295 g/mol. The lowest BCUT2D eigenvalue weighted by molar-refractivity contribution is 0.276. The van der Waals surface area contributed by atoms with Crippen molar-refractivity contribution < 1.29 is 4.74 Å². The highest BCUT2D eigenvalue weighted by Crippen LogP contribution is 2.46. The molecule has 2 aromatic rings. The smallest absolute Gasteiger partial charge is 0.131 e. The third-order valence-electron chi connectivity index (χ3n) is 5.05. The molecule has 1 aliphatic carbocycles. The van der Waals surface area contributed by atoms with Crippen molar-refractivity contribution in [1.82, 2.24) is 0 Å². The van der Waals surface area contributed by atoms with Gasteiger partial charge in [0.05, 0.1) is 0 Å². The molecule has 2 heteroatoms. The first kappa shape index (κ1) is 15.0. The van der Waals surface area contributed by atoms with Gasteiger partial charge in [-0.05, 0) is 55.0 Å². The quantitative estimate of drug-likeness (QED) is 0.737. The van der Waals surface area contributed by atoms with E-state index in [2.05, 4.69) is 31.2 Å². The second-order valence-electron chi connectivity index (χ2n) is 6.36. The lowest BCUT2D eigenvalue weighted by Crippen LogP contribution is -2.28. The summed E-state index contributed by atoms with van der Waals surface area (Å²) in [4.78, 5) is 0. The molecule has 0 saturated heterocycles. The molecule has 116 valence electrons. The molecule has 2 nitrogen and oxygen atoms in total. The fourth-order valence-corrected chi connectivity index (χ4v) is 3.70. The molecule has 1 fully saturated rings. The number of ether oxygens (including phenoxy) is 1. The molecule has 1 aliphatic rings. The van der Waals surface area contributed by atoms with Crippen LogP contribution in [0.5, 0.6) is 11.5 Å². The Kier molecular flexibility index (Phi) is 4.37. The molecule has 0 heterocycles. The van der Waals surface area contributed by atoms with Gasteiger partial charge in [-0.25, -0.2) is 0 Å². The van der Waals surface area contributed by atoms with Crippen molar-refractivity contribution in [3.63, 3.8) is 0 Å². The van der Waals surface area contributed by atoms with Crippen LogP contribution in [0.4, 0.5) is 5.69 Å². The van der Waals surface area contributed by atoms with Gasteiger partial charge < -0.3 is 10.5 Å². The Bertz CT molecular complexity index is 612. The number of nitrogens with two attached hydrogens (primary N) is 1. The minimum absolute atomic E-state index is 0.280. The molecular weight excluding hydrogens is 270 g/mol. The van der Waals surface area contributed by atoms with E-state index >= 15 is 0 Å². The van der Waals surface area contributed by atoms with Gasteiger partial charge in [-0.2, -0.15) is 0 Å². The monoisotopic (exact) mass is 295 g/mol. The van der Waals surface area contributed by atoms with Crippen molar-refractivity contribution in [3.05, 3.63) is 54.1 Å². The number of anilines is 1. The van der Waals surface area contributed by atoms with Gasteiger partial charge in [-0.3, -0.25) is 0 Å². The van der Waals surface area contributed by atoms with Gasteiger partial charge >= 0.3 is 0 Å².